The number of nitrogens with two attached hydrogens (primary N) is 1. The van der Waals surface area contributed by atoms with Crippen molar-refractivity contribution in [3.8, 4) is 0 Å². The second-order valence-electron chi connectivity index (χ2n) is 16.0. The number of ketones is 1. The van der Waals surface area contributed by atoms with E-state index in [4.69, 9.17) is 38.9 Å². The van der Waals surface area contributed by atoms with E-state index in [0.29, 0.717) is 19.3 Å². The zero-order valence-electron chi connectivity index (χ0n) is 32.3. The van der Waals surface area contributed by atoms with Crippen LogP contribution in [0.1, 0.15) is 92.9 Å². The third kappa shape index (κ3) is 8.08. The van der Waals surface area contributed by atoms with Gasteiger partial charge in [0.2, 0.25) is 0 Å². The van der Waals surface area contributed by atoms with Gasteiger partial charge in [-0.25, -0.2) is 15.0 Å². The van der Waals surface area contributed by atoms with Crippen molar-refractivity contribution in [1.29, 1.82) is 0 Å². The molecule has 13 atom stereocenters. The zero-order chi connectivity index (χ0) is 40.6. The Labute approximate surface area is 318 Å². The van der Waals surface area contributed by atoms with Crippen LogP contribution < -0.4 is 11.2 Å². The van der Waals surface area contributed by atoms with Crippen LogP contribution in [-0.2, 0) is 61.9 Å². The molecule has 0 unspecified atom stereocenters. The molecule has 5 aliphatic rings. The number of primary amides is 1. The molecule has 0 aromatic rings. The van der Waals surface area contributed by atoms with Gasteiger partial charge in [-0.1, -0.05) is 13.8 Å². The van der Waals surface area contributed by atoms with Crippen molar-refractivity contribution in [2.75, 3.05) is 13.7 Å². The van der Waals surface area contributed by atoms with Crippen LogP contribution in [0.2, 0.25) is 0 Å². The number of amides is 2. The Morgan fingerprint density at radius 3 is 2.09 bits per heavy atom. The molecular formula is C37H53N3O15. The van der Waals surface area contributed by atoms with Crippen LogP contribution in [0.15, 0.2) is 5.10 Å². The lowest BCUT2D eigenvalue weighted by atomic mass is 9.44. The Bertz CT molecular complexity index is 1600. The molecule has 5 fully saturated rings. The van der Waals surface area contributed by atoms with Gasteiger partial charge in [0.1, 0.15) is 17.5 Å². The van der Waals surface area contributed by atoms with Crippen molar-refractivity contribution in [3.05, 3.63) is 0 Å². The lowest BCUT2D eigenvalue weighted by Crippen LogP contribution is -2.64. The SMILES string of the molecule is COC(=O)[C@@H]1O[C@H](OC/C(=N\NC(N)=O)[C@@]2(O)CC[C@@H]3[C@@H]4CC[C@@H]5C[C@H](OC(C)=O)CC[C@]5(C)[C@@H]4C(=O)C[C@@]32C)[C@@H](OC(C)=O)[C@H](OC(C)=O)[C@H]1OC(C)=O. The molecule has 1 aliphatic heterocycles. The largest absolute Gasteiger partial charge is 0.467 e. The first kappa shape index (κ1) is 42.0. The van der Waals surface area contributed by atoms with E-state index >= 15 is 0 Å². The number of ether oxygens (including phenoxy) is 7. The first-order chi connectivity index (χ1) is 25.7. The summed E-state index contributed by atoms with van der Waals surface area (Å²) in [4.78, 5) is 87.7. The molecule has 0 aromatic heterocycles. The second kappa shape index (κ2) is 16.1. The minimum Gasteiger partial charge on any atom is -0.467 e. The molecule has 18 nitrogen and oxygen atoms in total. The van der Waals surface area contributed by atoms with Crippen molar-refractivity contribution < 1.29 is 71.8 Å². The van der Waals surface area contributed by atoms with Gasteiger partial charge < -0.3 is 44.0 Å². The van der Waals surface area contributed by atoms with E-state index in [2.05, 4.69) is 17.5 Å². The summed E-state index contributed by atoms with van der Waals surface area (Å²) in [6, 6.07) is -1.05. The number of carbonyl (C=O) groups is 7. The first-order valence-electron chi connectivity index (χ1n) is 18.7. The van der Waals surface area contributed by atoms with Crippen molar-refractivity contribution in [2.24, 2.45) is 45.3 Å². The Morgan fingerprint density at radius 2 is 1.49 bits per heavy atom. The molecule has 18 heteroatoms. The maximum absolute atomic E-state index is 14.4. The fraction of sp³-hybridized carbons (Fsp3) is 0.784. The maximum atomic E-state index is 14.4. The zero-order valence-corrected chi connectivity index (χ0v) is 32.3. The highest BCUT2D eigenvalue weighted by atomic mass is 16.7. The predicted molar refractivity (Wildman–Crippen MR) is 186 cm³/mol. The van der Waals surface area contributed by atoms with E-state index in [0.717, 1.165) is 47.1 Å². The van der Waals surface area contributed by atoms with Crippen molar-refractivity contribution in [2.45, 2.75) is 135 Å². The molecule has 2 amide bonds. The van der Waals surface area contributed by atoms with E-state index in [1.807, 2.05) is 6.92 Å². The molecular weight excluding hydrogens is 726 g/mol. The third-order valence-corrected chi connectivity index (χ3v) is 12.8. The first-order valence-corrected chi connectivity index (χ1v) is 18.7. The van der Waals surface area contributed by atoms with Gasteiger partial charge in [-0.05, 0) is 68.1 Å². The molecule has 5 rings (SSSR count). The standard InChI is InChI=1S/C37H53N3O15/c1-17(41)51-22-10-12-35(5)21(14-22)8-9-23-24-11-13-37(48,36(24,6)15-25(45)27(23)35)26(39-40-34(38)47)16-50-33-31(54-20(4)44)29(53-19(3)43)28(52-18(2)42)30(55-33)32(46)49-7/h21-24,27-31,33,48H,8-16H2,1-7H3,(H3,38,40,47)/b39-26+/t21-,22-,23+,24-,27+,28-,29-,30-,31+,33+,35+,36+,37+/m1/s1. The van der Waals surface area contributed by atoms with Gasteiger partial charge in [-0.2, -0.15) is 5.10 Å². The third-order valence-electron chi connectivity index (χ3n) is 12.8. The summed E-state index contributed by atoms with van der Waals surface area (Å²) in [5.74, 6) is -4.23. The Hall–Kier alpha value is -4.16. The van der Waals surface area contributed by atoms with E-state index in [1.54, 1.807) is 0 Å². The highest BCUT2D eigenvalue weighted by molar-refractivity contribution is 5.97. The molecule has 0 radical (unpaired) electrons. The summed E-state index contributed by atoms with van der Waals surface area (Å²) in [7, 11) is 1.05. The van der Waals surface area contributed by atoms with E-state index in [9.17, 15) is 38.7 Å². The molecule has 1 saturated heterocycles. The number of carbonyl (C=O) groups excluding carboxylic acids is 7. The quantitative estimate of drug-likeness (QED) is 0.123. The average molecular weight is 780 g/mol. The van der Waals surface area contributed by atoms with Gasteiger partial charge >= 0.3 is 35.9 Å². The number of nitrogens with one attached hydrogen (secondary N) is 1. The normalized spacial score (nSPS) is 39.6. The van der Waals surface area contributed by atoms with Crippen LogP contribution in [0.3, 0.4) is 0 Å². The van der Waals surface area contributed by atoms with Crippen LogP contribution >= 0.6 is 0 Å². The summed E-state index contributed by atoms with van der Waals surface area (Å²) in [5, 5.41) is 16.9. The van der Waals surface area contributed by atoms with Crippen LogP contribution in [0.25, 0.3) is 0 Å². The fourth-order valence-corrected chi connectivity index (χ4v) is 10.6. The number of rotatable bonds is 10. The van der Waals surface area contributed by atoms with Gasteiger partial charge in [0.15, 0.2) is 30.7 Å². The Balaban J connectivity index is 1.45. The number of nitrogens with zero attached hydrogens (tertiary/aromatic N) is 1. The fourth-order valence-electron chi connectivity index (χ4n) is 10.6. The van der Waals surface area contributed by atoms with E-state index in [-0.39, 0.29) is 65.5 Å². The lowest BCUT2D eigenvalue weighted by Gasteiger charge is -2.60. The summed E-state index contributed by atoms with van der Waals surface area (Å²) in [6.45, 7) is 7.94. The molecule has 4 saturated carbocycles. The Kier molecular flexibility index (Phi) is 12.3. The summed E-state index contributed by atoms with van der Waals surface area (Å²) in [5.41, 5.74) is 4.19. The van der Waals surface area contributed by atoms with Crippen molar-refractivity contribution >= 4 is 47.4 Å². The number of hydrazone groups is 1. The van der Waals surface area contributed by atoms with Gasteiger partial charge in [-0.15, -0.1) is 0 Å². The summed E-state index contributed by atoms with van der Waals surface area (Å²) >= 11 is 0. The molecule has 4 aliphatic carbocycles. The smallest absolute Gasteiger partial charge is 0.339 e. The van der Waals surface area contributed by atoms with Gasteiger partial charge in [0, 0.05) is 45.4 Å². The monoisotopic (exact) mass is 779 g/mol. The second-order valence-corrected chi connectivity index (χ2v) is 16.0. The number of hydrogen-bond acceptors (Lipinski definition) is 16. The average Bonchev–Trinajstić information content (AvgIpc) is 3.35. The van der Waals surface area contributed by atoms with Crippen molar-refractivity contribution in [3.63, 3.8) is 0 Å². The van der Waals surface area contributed by atoms with Crippen molar-refractivity contribution in [1.82, 2.24) is 5.43 Å². The maximum Gasteiger partial charge on any atom is 0.339 e. The number of esters is 5. The molecule has 0 spiro atoms. The molecule has 0 aromatic carbocycles. The number of fused-ring (bicyclic) bond motifs is 5. The Morgan fingerprint density at radius 1 is 0.873 bits per heavy atom. The molecule has 1 heterocycles. The molecule has 306 valence electrons. The van der Waals surface area contributed by atoms with Crippen LogP contribution in [0.5, 0.6) is 0 Å². The van der Waals surface area contributed by atoms with Gasteiger partial charge in [0.05, 0.1) is 19.4 Å². The number of aliphatic hydroxyl groups is 1. The van der Waals surface area contributed by atoms with Gasteiger partial charge in [-0.3, -0.25) is 24.0 Å². The molecule has 0 bridgehead atoms. The number of hydrogen-bond donors (Lipinski definition) is 3. The predicted octanol–water partition coefficient (Wildman–Crippen LogP) is 1.60. The van der Waals surface area contributed by atoms with E-state index in [1.165, 1.54) is 6.92 Å². The molecule has 4 N–H and O–H groups in total. The van der Waals surface area contributed by atoms with Gasteiger partial charge in [0.25, 0.3) is 0 Å². The summed E-state index contributed by atoms with van der Waals surface area (Å²) in [6.07, 6.45) is -4.20. The minimum absolute atomic E-state index is 0.000381. The summed E-state index contributed by atoms with van der Waals surface area (Å²) < 4.78 is 38.6. The topological polar surface area (TPSA) is 255 Å². The van der Waals surface area contributed by atoms with E-state index < -0.39 is 78.2 Å². The number of methoxy groups -OCH3 is 1. The van der Waals surface area contributed by atoms with Crippen LogP contribution in [-0.4, -0.2) is 109 Å². The minimum atomic E-state index is -1.84. The number of urea groups is 1. The highest BCUT2D eigenvalue weighted by Crippen LogP contribution is 2.67. The van der Waals surface area contributed by atoms with Crippen LogP contribution in [0.4, 0.5) is 4.79 Å². The lowest BCUT2D eigenvalue weighted by molar-refractivity contribution is -0.298. The van der Waals surface area contributed by atoms with Crippen LogP contribution in [0, 0.1) is 34.5 Å². The number of Topliss-reactive ketones (excluding diaryl/α,β-unsaturated/α-hetero) is 1. The molecule has 55 heavy (non-hydrogen) atoms. The highest BCUT2D eigenvalue weighted by Gasteiger charge is 2.69.